The number of amides is 2. The van der Waals surface area contributed by atoms with Gasteiger partial charge in [-0.05, 0) is 48.6 Å². The summed E-state index contributed by atoms with van der Waals surface area (Å²) in [4.78, 5) is 27.9. The van der Waals surface area contributed by atoms with Crippen molar-refractivity contribution in [3.05, 3.63) is 64.7 Å². The molecule has 2 aromatic rings. The number of nitrogens with zero attached hydrogens (tertiary/aromatic N) is 2. The van der Waals surface area contributed by atoms with Crippen LogP contribution in [0.25, 0.3) is 0 Å². The number of nitrogens with one attached hydrogen (secondary N) is 1. The lowest BCUT2D eigenvalue weighted by atomic mass is 10.1. The van der Waals surface area contributed by atoms with E-state index in [1.54, 1.807) is 31.2 Å². The Labute approximate surface area is 233 Å². The fourth-order valence-electron chi connectivity index (χ4n) is 3.99. The van der Waals surface area contributed by atoms with E-state index < -0.39 is 33.7 Å². The van der Waals surface area contributed by atoms with Crippen LogP contribution in [0, 0.1) is 5.92 Å². The second-order valence-electron chi connectivity index (χ2n) is 9.66. The molecular weight excluding hydrogens is 555 g/mol. The number of halogens is 4. The maximum absolute atomic E-state index is 13.4. The van der Waals surface area contributed by atoms with Gasteiger partial charge in [0.05, 0.1) is 17.5 Å². The summed E-state index contributed by atoms with van der Waals surface area (Å²) in [6, 6.07) is 10.2. The Morgan fingerprint density at radius 2 is 1.74 bits per heavy atom. The highest BCUT2D eigenvalue weighted by atomic mass is 35.5. The highest BCUT2D eigenvalue weighted by Gasteiger charge is 2.32. The van der Waals surface area contributed by atoms with Crippen molar-refractivity contribution in [2.24, 2.45) is 5.92 Å². The third-order valence-corrected chi connectivity index (χ3v) is 7.55. The molecule has 0 aliphatic rings. The van der Waals surface area contributed by atoms with Crippen LogP contribution in [0.3, 0.4) is 0 Å². The summed E-state index contributed by atoms with van der Waals surface area (Å²) in [6.45, 7) is 5.96. The van der Waals surface area contributed by atoms with Crippen molar-refractivity contribution in [3.8, 4) is 0 Å². The SMILES string of the molecule is CC[C@@H](C(=O)NCC(C)C)N(Cc1ccccc1Cl)C(=O)CCCN(c1cccc(C(F)(F)F)c1)S(C)(=O)=O. The first-order chi connectivity index (χ1) is 18.1. The minimum atomic E-state index is -4.64. The molecule has 0 heterocycles. The van der Waals surface area contributed by atoms with E-state index in [2.05, 4.69) is 5.32 Å². The van der Waals surface area contributed by atoms with E-state index in [0.29, 0.717) is 23.6 Å². The van der Waals surface area contributed by atoms with Crippen molar-refractivity contribution >= 4 is 39.1 Å². The van der Waals surface area contributed by atoms with Crippen molar-refractivity contribution in [3.63, 3.8) is 0 Å². The number of alkyl halides is 3. The molecule has 0 aliphatic carbocycles. The number of hydrogen-bond donors (Lipinski definition) is 1. The molecule has 0 saturated heterocycles. The van der Waals surface area contributed by atoms with E-state index in [1.807, 2.05) is 13.8 Å². The van der Waals surface area contributed by atoms with Crippen molar-refractivity contribution in [2.45, 2.75) is 58.8 Å². The highest BCUT2D eigenvalue weighted by Crippen LogP contribution is 2.32. The van der Waals surface area contributed by atoms with E-state index in [4.69, 9.17) is 11.6 Å². The first-order valence-corrected chi connectivity index (χ1v) is 14.8. The first-order valence-electron chi connectivity index (χ1n) is 12.6. The number of sulfonamides is 1. The van der Waals surface area contributed by atoms with Crippen LogP contribution in [0.4, 0.5) is 18.9 Å². The Balaban J connectivity index is 2.26. The minimum Gasteiger partial charge on any atom is -0.354 e. The average molecular weight is 590 g/mol. The molecule has 39 heavy (non-hydrogen) atoms. The van der Waals surface area contributed by atoms with Gasteiger partial charge >= 0.3 is 6.18 Å². The van der Waals surface area contributed by atoms with Crippen LogP contribution in [0.1, 0.15) is 51.2 Å². The summed E-state index contributed by atoms with van der Waals surface area (Å²) >= 11 is 6.32. The second kappa shape index (κ2) is 14.0. The average Bonchev–Trinajstić information content (AvgIpc) is 2.85. The summed E-state index contributed by atoms with van der Waals surface area (Å²) in [7, 11) is -3.94. The fraction of sp³-hybridized carbons (Fsp3) is 0.481. The Morgan fingerprint density at radius 1 is 1.08 bits per heavy atom. The molecule has 0 fully saturated rings. The molecule has 0 aromatic heterocycles. The molecule has 12 heteroatoms. The maximum atomic E-state index is 13.4. The van der Waals surface area contributed by atoms with Crippen LogP contribution in [0.15, 0.2) is 48.5 Å². The topological polar surface area (TPSA) is 86.8 Å². The minimum absolute atomic E-state index is 0.0191. The summed E-state index contributed by atoms with van der Waals surface area (Å²) in [6.07, 6.45) is -3.53. The lowest BCUT2D eigenvalue weighted by Gasteiger charge is -2.31. The summed E-state index contributed by atoms with van der Waals surface area (Å²) in [5, 5.41) is 3.29. The highest BCUT2D eigenvalue weighted by molar-refractivity contribution is 7.92. The van der Waals surface area contributed by atoms with Crippen molar-refractivity contribution in [1.29, 1.82) is 0 Å². The maximum Gasteiger partial charge on any atom is 0.416 e. The molecule has 7 nitrogen and oxygen atoms in total. The zero-order valence-corrected chi connectivity index (χ0v) is 24.0. The van der Waals surface area contributed by atoms with Gasteiger partial charge in [0.25, 0.3) is 0 Å². The zero-order valence-electron chi connectivity index (χ0n) is 22.5. The van der Waals surface area contributed by atoms with Gasteiger partial charge in [0.15, 0.2) is 0 Å². The van der Waals surface area contributed by atoms with Gasteiger partial charge in [-0.25, -0.2) is 8.42 Å². The molecule has 0 radical (unpaired) electrons. The quantitative estimate of drug-likeness (QED) is 0.335. The fourth-order valence-corrected chi connectivity index (χ4v) is 5.15. The lowest BCUT2D eigenvalue weighted by Crippen LogP contribution is -2.49. The molecule has 216 valence electrons. The number of benzene rings is 2. The van der Waals surface area contributed by atoms with E-state index >= 15 is 0 Å². The standard InChI is InChI=1S/C27H35ClF3N3O4S/c1-5-24(26(36)32-17-19(2)3)33(18-20-10-6-7-13-23(20)28)25(35)14-9-15-34(39(4,37)38)22-12-8-11-21(16-22)27(29,30)31/h6-8,10-13,16,19,24H,5,9,14-15,17-18H2,1-4H3,(H,32,36)/t24-/m0/s1. The van der Waals surface area contributed by atoms with Crippen molar-refractivity contribution < 1.29 is 31.2 Å². The van der Waals surface area contributed by atoms with Gasteiger partial charge < -0.3 is 10.2 Å². The van der Waals surface area contributed by atoms with Gasteiger partial charge in [-0.3, -0.25) is 13.9 Å². The van der Waals surface area contributed by atoms with Gasteiger partial charge in [0, 0.05) is 31.1 Å². The number of hydrogen-bond acceptors (Lipinski definition) is 4. The Kier molecular flexibility index (Phi) is 11.7. The molecule has 0 bridgehead atoms. The largest absolute Gasteiger partial charge is 0.416 e. The molecule has 0 aliphatic heterocycles. The molecule has 1 atom stereocenters. The molecular formula is C27H35ClF3N3O4S. The lowest BCUT2D eigenvalue weighted by molar-refractivity contribution is -0.141. The number of carbonyl (C=O) groups is 2. The molecule has 0 spiro atoms. The Morgan fingerprint density at radius 3 is 2.31 bits per heavy atom. The normalized spacial score (nSPS) is 12.7. The summed E-state index contributed by atoms with van der Waals surface area (Å²) in [5.41, 5.74) is -0.481. The van der Waals surface area contributed by atoms with Crippen LogP contribution in [0.5, 0.6) is 0 Å². The molecule has 0 saturated carbocycles. The predicted molar refractivity (Wildman–Crippen MR) is 147 cm³/mol. The van der Waals surface area contributed by atoms with E-state index in [1.165, 1.54) is 11.0 Å². The molecule has 2 rings (SSSR count). The van der Waals surface area contributed by atoms with Gasteiger partial charge in [-0.15, -0.1) is 0 Å². The van der Waals surface area contributed by atoms with E-state index in [0.717, 1.165) is 28.8 Å². The van der Waals surface area contributed by atoms with Gasteiger partial charge in [0.2, 0.25) is 21.8 Å². The third kappa shape index (κ3) is 9.72. The molecule has 2 aromatic carbocycles. The Hall–Kier alpha value is -2.79. The summed E-state index contributed by atoms with van der Waals surface area (Å²) in [5.74, 6) is -0.510. The van der Waals surface area contributed by atoms with E-state index in [-0.39, 0.29) is 43.4 Å². The van der Waals surface area contributed by atoms with Crippen molar-refractivity contribution in [2.75, 3.05) is 23.7 Å². The molecule has 2 amide bonds. The predicted octanol–water partition coefficient (Wildman–Crippen LogP) is 5.48. The Bertz CT molecular complexity index is 1240. The third-order valence-electron chi connectivity index (χ3n) is 5.98. The summed E-state index contributed by atoms with van der Waals surface area (Å²) < 4.78 is 65.3. The second-order valence-corrected chi connectivity index (χ2v) is 12.0. The van der Waals surface area contributed by atoms with Crippen molar-refractivity contribution in [1.82, 2.24) is 10.2 Å². The first kappa shape index (κ1) is 32.4. The van der Waals surface area contributed by atoms with Crippen LogP contribution >= 0.6 is 11.6 Å². The number of rotatable bonds is 13. The van der Waals surface area contributed by atoms with Gasteiger partial charge in [0.1, 0.15) is 6.04 Å². The molecule has 0 unspecified atom stereocenters. The van der Waals surface area contributed by atoms with E-state index in [9.17, 15) is 31.2 Å². The zero-order chi connectivity index (χ0) is 29.4. The van der Waals surface area contributed by atoms with Crippen LogP contribution in [-0.2, 0) is 32.3 Å². The number of carbonyl (C=O) groups excluding carboxylic acids is 2. The smallest absolute Gasteiger partial charge is 0.354 e. The van der Waals surface area contributed by atoms with Crippen LogP contribution < -0.4 is 9.62 Å². The van der Waals surface area contributed by atoms with Gasteiger partial charge in [-0.2, -0.15) is 13.2 Å². The van der Waals surface area contributed by atoms with Crippen LogP contribution in [0.2, 0.25) is 5.02 Å². The number of anilines is 1. The monoisotopic (exact) mass is 589 g/mol. The van der Waals surface area contributed by atoms with Crippen LogP contribution in [-0.4, -0.2) is 50.5 Å². The van der Waals surface area contributed by atoms with Gasteiger partial charge in [-0.1, -0.05) is 56.6 Å². The molecule has 1 N–H and O–H groups in total.